The van der Waals surface area contributed by atoms with Crippen molar-refractivity contribution >= 4 is 0 Å². The molecule has 0 aliphatic heterocycles. The molecule has 13 heavy (non-hydrogen) atoms. The lowest BCUT2D eigenvalue weighted by molar-refractivity contribution is 1.20. The second-order valence-electron chi connectivity index (χ2n) is 2.93. The highest BCUT2D eigenvalue weighted by Gasteiger charge is 1.95. The van der Waals surface area contributed by atoms with Gasteiger partial charge in [-0.2, -0.15) is 0 Å². The van der Waals surface area contributed by atoms with Crippen molar-refractivity contribution in [2.24, 2.45) is 0 Å². The Morgan fingerprint density at radius 3 is 2.46 bits per heavy atom. The van der Waals surface area contributed by atoms with Crippen molar-refractivity contribution in [3.05, 3.63) is 48.5 Å². The van der Waals surface area contributed by atoms with Crippen LogP contribution in [0.25, 0.3) is 11.1 Å². The maximum absolute atomic E-state index is 4.23. The van der Waals surface area contributed by atoms with Crippen molar-refractivity contribution < 1.29 is 0 Å². The predicted octanol–water partition coefficient (Wildman–Crippen LogP) is 2.45. The third kappa shape index (κ3) is 1.72. The fourth-order valence-electron chi connectivity index (χ4n) is 1.17. The van der Waals surface area contributed by atoms with E-state index in [1.54, 1.807) is 6.20 Å². The molecule has 0 aliphatic rings. The summed E-state index contributed by atoms with van der Waals surface area (Å²) in [5, 5.41) is 0. The number of rotatable bonds is 1. The topological polar surface area (TPSA) is 25.8 Å². The van der Waals surface area contributed by atoms with Crippen molar-refractivity contribution in [2.75, 3.05) is 0 Å². The molecule has 2 heterocycles. The summed E-state index contributed by atoms with van der Waals surface area (Å²) in [5.74, 6) is 0. The van der Waals surface area contributed by atoms with Gasteiger partial charge in [0.2, 0.25) is 0 Å². The van der Waals surface area contributed by atoms with Gasteiger partial charge in [0.15, 0.2) is 0 Å². The van der Waals surface area contributed by atoms with Crippen LogP contribution < -0.4 is 0 Å². The zero-order valence-corrected chi connectivity index (χ0v) is 7.44. The molecule has 64 valence electrons. The Labute approximate surface area is 77.3 Å². The van der Waals surface area contributed by atoms with Gasteiger partial charge in [0, 0.05) is 35.4 Å². The van der Waals surface area contributed by atoms with E-state index in [1.807, 2.05) is 37.5 Å². The fraction of sp³-hybridized carbons (Fsp3) is 0.0909. The lowest BCUT2D eigenvalue weighted by atomic mass is 10.1. The molecule has 0 atom stereocenters. The van der Waals surface area contributed by atoms with Crippen LogP contribution in [0.1, 0.15) is 5.69 Å². The van der Waals surface area contributed by atoms with Crippen molar-refractivity contribution in [3.63, 3.8) is 0 Å². The van der Waals surface area contributed by atoms with Gasteiger partial charge in [0.1, 0.15) is 0 Å². The largest absolute Gasteiger partial charge is 0.264 e. The highest BCUT2D eigenvalue weighted by molar-refractivity contribution is 5.60. The van der Waals surface area contributed by atoms with E-state index in [0.29, 0.717) is 0 Å². The molecule has 2 nitrogen and oxygen atoms in total. The summed E-state index contributed by atoms with van der Waals surface area (Å²) in [6, 6.07) is 8.01. The molecule has 0 amide bonds. The van der Waals surface area contributed by atoms with E-state index in [1.165, 1.54) is 0 Å². The summed E-state index contributed by atoms with van der Waals surface area (Å²) >= 11 is 0. The van der Waals surface area contributed by atoms with Crippen LogP contribution in [0, 0.1) is 6.92 Å². The number of aromatic nitrogens is 2. The zero-order valence-electron chi connectivity index (χ0n) is 7.44. The zero-order chi connectivity index (χ0) is 9.10. The minimum atomic E-state index is 1.03. The predicted molar refractivity (Wildman–Crippen MR) is 52.2 cm³/mol. The van der Waals surface area contributed by atoms with Crippen LogP contribution in [0.3, 0.4) is 0 Å². The molecule has 2 aromatic heterocycles. The van der Waals surface area contributed by atoms with E-state index < -0.39 is 0 Å². The number of aryl methyl sites for hydroxylation is 1. The Morgan fingerprint density at radius 2 is 1.85 bits per heavy atom. The van der Waals surface area contributed by atoms with Crippen molar-refractivity contribution in [2.45, 2.75) is 6.92 Å². The van der Waals surface area contributed by atoms with Gasteiger partial charge in [-0.3, -0.25) is 9.97 Å². The van der Waals surface area contributed by atoms with E-state index in [9.17, 15) is 0 Å². The van der Waals surface area contributed by atoms with Crippen LogP contribution in [0.4, 0.5) is 0 Å². The van der Waals surface area contributed by atoms with Crippen LogP contribution in [0.5, 0.6) is 0 Å². The van der Waals surface area contributed by atoms with E-state index in [-0.39, 0.29) is 0 Å². The van der Waals surface area contributed by atoms with Crippen LogP contribution in [0.15, 0.2) is 42.9 Å². The summed E-state index contributed by atoms with van der Waals surface area (Å²) in [4.78, 5) is 8.28. The molecule has 2 rings (SSSR count). The van der Waals surface area contributed by atoms with Gasteiger partial charge in [-0.1, -0.05) is 12.1 Å². The number of hydrogen-bond acceptors (Lipinski definition) is 2. The van der Waals surface area contributed by atoms with Gasteiger partial charge in [0.05, 0.1) is 0 Å². The maximum Gasteiger partial charge on any atom is 0.0373 e. The van der Waals surface area contributed by atoms with Gasteiger partial charge in [-0.15, -0.1) is 0 Å². The summed E-state index contributed by atoms with van der Waals surface area (Å²) in [6.07, 6.45) is 5.48. The standard InChI is InChI=1S/C11H10N2/c1-9-4-5-11(8-13-9)10-3-2-6-12-7-10/h2-8H,1H3. The van der Waals surface area contributed by atoms with Gasteiger partial charge in [-0.05, 0) is 19.1 Å². The lowest BCUT2D eigenvalue weighted by Crippen LogP contribution is -1.82. The normalized spacial score (nSPS) is 9.92. The third-order valence-electron chi connectivity index (χ3n) is 1.91. The van der Waals surface area contributed by atoms with E-state index in [0.717, 1.165) is 16.8 Å². The molecule has 0 N–H and O–H groups in total. The minimum absolute atomic E-state index is 1.03. The van der Waals surface area contributed by atoms with Crippen LogP contribution >= 0.6 is 0 Å². The molecular weight excluding hydrogens is 160 g/mol. The molecule has 2 heteroatoms. The van der Waals surface area contributed by atoms with E-state index in [2.05, 4.69) is 16.0 Å². The first-order valence-electron chi connectivity index (χ1n) is 4.19. The van der Waals surface area contributed by atoms with Crippen molar-refractivity contribution in [1.82, 2.24) is 9.97 Å². The average Bonchev–Trinajstić information content (AvgIpc) is 2.20. The molecule has 0 aromatic carbocycles. The second-order valence-corrected chi connectivity index (χ2v) is 2.93. The smallest absolute Gasteiger partial charge is 0.0373 e. The van der Waals surface area contributed by atoms with E-state index in [4.69, 9.17) is 0 Å². The Balaban J connectivity index is 2.42. The third-order valence-corrected chi connectivity index (χ3v) is 1.91. The van der Waals surface area contributed by atoms with Gasteiger partial charge in [0.25, 0.3) is 0 Å². The molecule has 0 aliphatic carbocycles. The molecule has 2 aromatic rings. The van der Waals surface area contributed by atoms with Crippen LogP contribution in [-0.2, 0) is 0 Å². The van der Waals surface area contributed by atoms with Crippen molar-refractivity contribution in [1.29, 1.82) is 0 Å². The first-order chi connectivity index (χ1) is 6.36. The summed E-state index contributed by atoms with van der Waals surface area (Å²) < 4.78 is 0. The molecule has 0 radical (unpaired) electrons. The lowest BCUT2D eigenvalue weighted by Gasteiger charge is -1.99. The SMILES string of the molecule is Cc1ccc(-c2cccnc2)cn1. The molecule has 0 saturated heterocycles. The average molecular weight is 170 g/mol. The first kappa shape index (κ1) is 7.92. The molecule has 0 unspecified atom stereocenters. The summed E-state index contributed by atoms with van der Waals surface area (Å²) in [6.45, 7) is 1.98. The Morgan fingerprint density at radius 1 is 1.00 bits per heavy atom. The number of hydrogen-bond donors (Lipinski definition) is 0. The second kappa shape index (κ2) is 3.35. The summed E-state index contributed by atoms with van der Waals surface area (Å²) in [5.41, 5.74) is 3.25. The fourth-order valence-corrected chi connectivity index (χ4v) is 1.17. The Bertz CT molecular complexity index is 379. The maximum atomic E-state index is 4.23. The highest BCUT2D eigenvalue weighted by Crippen LogP contribution is 2.16. The van der Waals surface area contributed by atoms with Crippen molar-refractivity contribution in [3.8, 4) is 11.1 Å². The first-order valence-corrected chi connectivity index (χ1v) is 4.19. The number of pyridine rings is 2. The monoisotopic (exact) mass is 170 g/mol. The summed E-state index contributed by atoms with van der Waals surface area (Å²) in [7, 11) is 0. The van der Waals surface area contributed by atoms with Crippen LogP contribution in [0.2, 0.25) is 0 Å². The van der Waals surface area contributed by atoms with E-state index >= 15 is 0 Å². The highest BCUT2D eigenvalue weighted by atomic mass is 14.7. The molecular formula is C11H10N2. The molecule has 0 spiro atoms. The van der Waals surface area contributed by atoms with Gasteiger partial charge in [-0.25, -0.2) is 0 Å². The van der Waals surface area contributed by atoms with Gasteiger partial charge < -0.3 is 0 Å². The number of nitrogens with zero attached hydrogens (tertiary/aromatic N) is 2. The Kier molecular flexibility index (Phi) is 2.04. The molecule has 0 saturated carbocycles. The molecule has 0 fully saturated rings. The molecule has 0 bridgehead atoms. The minimum Gasteiger partial charge on any atom is -0.264 e. The van der Waals surface area contributed by atoms with Crippen LogP contribution in [-0.4, -0.2) is 9.97 Å². The Hall–Kier alpha value is -1.70. The quantitative estimate of drug-likeness (QED) is 0.657. The van der Waals surface area contributed by atoms with Gasteiger partial charge >= 0.3 is 0 Å².